The van der Waals surface area contributed by atoms with Crippen LogP contribution in [0.4, 0.5) is 0 Å². The van der Waals surface area contributed by atoms with Crippen LogP contribution in [0.15, 0.2) is 30.8 Å². The highest BCUT2D eigenvalue weighted by Gasteiger charge is 1.95. The fraction of sp³-hybridized carbons (Fsp3) is 0.609. The summed E-state index contributed by atoms with van der Waals surface area (Å²) in [7, 11) is 0. The van der Waals surface area contributed by atoms with Crippen LogP contribution in [0.1, 0.15) is 89.7 Å². The molecule has 0 bridgehead atoms. The Morgan fingerprint density at radius 3 is 2.04 bits per heavy atom. The first-order chi connectivity index (χ1) is 12.2. The van der Waals surface area contributed by atoms with Crippen LogP contribution in [0, 0.1) is 0 Å². The standard InChI is InChI=1S/C17H26.C6H12O2/c1-3-5-6-7-8-9-10-11-17-14-12-16(4-2)13-15-17;1-3-5-8-6(7)4-2/h4,12-15H,2-3,5-11H2,1H3;3-5H2,1-2H3. The zero-order valence-corrected chi connectivity index (χ0v) is 16.7. The molecule has 0 aliphatic rings. The highest BCUT2D eigenvalue weighted by Crippen LogP contribution is 2.12. The van der Waals surface area contributed by atoms with Crippen molar-refractivity contribution in [3.05, 3.63) is 42.0 Å². The van der Waals surface area contributed by atoms with E-state index in [4.69, 9.17) is 4.74 Å². The third-order valence-electron chi connectivity index (χ3n) is 4.04. The highest BCUT2D eigenvalue weighted by molar-refractivity contribution is 5.68. The van der Waals surface area contributed by atoms with Gasteiger partial charge in [0.1, 0.15) is 0 Å². The van der Waals surface area contributed by atoms with Crippen LogP contribution >= 0.6 is 0 Å². The molecule has 2 heteroatoms. The maximum atomic E-state index is 10.3. The third-order valence-corrected chi connectivity index (χ3v) is 4.04. The predicted octanol–water partition coefficient (Wildman–Crippen LogP) is 6.97. The van der Waals surface area contributed by atoms with Crippen molar-refractivity contribution in [3.8, 4) is 0 Å². The summed E-state index contributed by atoms with van der Waals surface area (Å²) in [5, 5.41) is 0. The van der Waals surface area contributed by atoms with Crippen molar-refractivity contribution in [1.82, 2.24) is 0 Å². The molecule has 25 heavy (non-hydrogen) atoms. The molecule has 0 aliphatic carbocycles. The van der Waals surface area contributed by atoms with Gasteiger partial charge in [-0.2, -0.15) is 0 Å². The van der Waals surface area contributed by atoms with Crippen molar-refractivity contribution in [2.45, 2.75) is 85.0 Å². The molecule has 1 aromatic carbocycles. The summed E-state index contributed by atoms with van der Waals surface area (Å²) in [4.78, 5) is 10.3. The minimum Gasteiger partial charge on any atom is -0.466 e. The second-order valence-electron chi connectivity index (χ2n) is 6.39. The molecule has 0 fully saturated rings. The van der Waals surface area contributed by atoms with Crippen molar-refractivity contribution in [3.63, 3.8) is 0 Å². The first kappa shape index (κ1) is 23.4. The summed E-state index contributed by atoms with van der Waals surface area (Å²) in [6, 6.07) is 8.77. The van der Waals surface area contributed by atoms with Crippen LogP contribution in [0.2, 0.25) is 0 Å². The lowest BCUT2D eigenvalue weighted by Crippen LogP contribution is -2.02. The monoisotopic (exact) mass is 346 g/mol. The molecule has 0 atom stereocenters. The number of hydrogen-bond donors (Lipinski definition) is 0. The summed E-state index contributed by atoms with van der Waals surface area (Å²) < 4.78 is 4.70. The lowest BCUT2D eigenvalue weighted by molar-refractivity contribution is -0.143. The van der Waals surface area contributed by atoms with Gasteiger partial charge in [-0.25, -0.2) is 0 Å². The zero-order valence-electron chi connectivity index (χ0n) is 16.7. The maximum absolute atomic E-state index is 10.3. The molecule has 0 N–H and O–H groups in total. The van der Waals surface area contributed by atoms with Gasteiger partial charge in [-0.1, -0.05) is 96.2 Å². The number of rotatable bonds is 12. The molecule has 0 heterocycles. The largest absolute Gasteiger partial charge is 0.466 e. The van der Waals surface area contributed by atoms with E-state index in [1.165, 1.54) is 62.5 Å². The fourth-order valence-electron chi connectivity index (χ4n) is 2.42. The summed E-state index contributed by atoms with van der Waals surface area (Å²) in [5.74, 6) is -0.105. The number of benzene rings is 1. The Bertz CT molecular complexity index is 434. The van der Waals surface area contributed by atoms with E-state index < -0.39 is 0 Å². The molecule has 0 aliphatic heterocycles. The molecule has 0 spiro atoms. The zero-order chi connectivity index (χ0) is 18.8. The summed E-state index contributed by atoms with van der Waals surface area (Å²) >= 11 is 0. The summed E-state index contributed by atoms with van der Waals surface area (Å²) in [5.41, 5.74) is 2.68. The Morgan fingerprint density at radius 1 is 0.920 bits per heavy atom. The number of carbonyl (C=O) groups is 1. The quantitative estimate of drug-likeness (QED) is 0.302. The number of ether oxygens (including phenoxy) is 1. The highest BCUT2D eigenvalue weighted by atomic mass is 16.5. The second-order valence-corrected chi connectivity index (χ2v) is 6.39. The van der Waals surface area contributed by atoms with E-state index in [2.05, 4.69) is 37.8 Å². The number of carbonyl (C=O) groups excluding carboxylic acids is 1. The molecule has 0 saturated heterocycles. The Morgan fingerprint density at radius 2 is 1.52 bits per heavy atom. The van der Waals surface area contributed by atoms with Gasteiger partial charge >= 0.3 is 5.97 Å². The van der Waals surface area contributed by atoms with Gasteiger partial charge in [-0.05, 0) is 30.4 Å². The van der Waals surface area contributed by atoms with Gasteiger partial charge in [0.25, 0.3) is 0 Å². The van der Waals surface area contributed by atoms with E-state index in [1.807, 2.05) is 13.0 Å². The Labute approximate surface area is 155 Å². The fourth-order valence-corrected chi connectivity index (χ4v) is 2.42. The number of unbranched alkanes of at least 4 members (excludes halogenated alkanes) is 6. The van der Waals surface area contributed by atoms with Crippen molar-refractivity contribution < 1.29 is 9.53 Å². The van der Waals surface area contributed by atoms with E-state index >= 15 is 0 Å². The average Bonchev–Trinajstić information content (AvgIpc) is 2.66. The van der Waals surface area contributed by atoms with Gasteiger partial charge in [0.05, 0.1) is 6.61 Å². The lowest BCUT2D eigenvalue weighted by atomic mass is 10.0. The third kappa shape index (κ3) is 14.5. The minimum atomic E-state index is -0.105. The van der Waals surface area contributed by atoms with Crippen molar-refractivity contribution in [2.75, 3.05) is 6.61 Å². The van der Waals surface area contributed by atoms with E-state index in [1.54, 1.807) is 6.92 Å². The Kier molecular flexibility index (Phi) is 16.2. The normalized spacial score (nSPS) is 9.88. The predicted molar refractivity (Wildman–Crippen MR) is 110 cm³/mol. The second kappa shape index (κ2) is 17.3. The van der Waals surface area contributed by atoms with Crippen LogP contribution in [-0.4, -0.2) is 12.6 Å². The first-order valence-corrected chi connectivity index (χ1v) is 10.0. The molecule has 1 rings (SSSR count). The molecular weight excluding hydrogens is 308 g/mol. The van der Waals surface area contributed by atoms with Crippen LogP contribution in [-0.2, 0) is 16.0 Å². The van der Waals surface area contributed by atoms with Gasteiger partial charge in [0.2, 0.25) is 0 Å². The summed E-state index contributed by atoms with van der Waals surface area (Å²) in [6.45, 7) is 10.4. The molecule has 1 aromatic rings. The van der Waals surface area contributed by atoms with Gasteiger partial charge in [0.15, 0.2) is 0 Å². The van der Waals surface area contributed by atoms with Crippen LogP contribution in [0.25, 0.3) is 6.08 Å². The van der Waals surface area contributed by atoms with Gasteiger partial charge in [-0.3, -0.25) is 4.79 Å². The number of esters is 1. The molecule has 0 aromatic heterocycles. The number of hydrogen-bond acceptors (Lipinski definition) is 2. The van der Waals surface area contributed by atoms with Crippen molar-refractivity contribution in [2.24, 2.45) is 0 Å². The topological polar surface area (TPSA) is 26.3 Å². The molecule has 2 nitrogen and oxygen atoms in total. The van der Waals surface area contributed by atoms with E-state index in [0.717, 1.165) is 6.42 Å². The maximum Gasteiger partial charge on any atom is 0.305 e. The van der Waals surface area contributed by atoms with Gasteiger partial charge < -0.3 is 4.74 Å². The lowest BCUT2D eigenvalue weighted by Gasteiger charge is -2.03. The van der Waals surface area contributed by atoms with Crippen molar-refractivity contribution >= 4 is 12.0 Å². The minimum absolute atomic E-state index is 0.105. The Hall–Kier alpha value is -1.57. The molecule has 142 valence electrons. The van der Waals surface area contributed by atoms with E-state index in [-0.39, 0.29) is 5.97 Å². The van der Waals surface area contributed by atoms with Crippen LogP contribution < -0.4 is 0 Å². The molecule has 0 amide bonds. The Balaban J connectivity index is 0.000000609. The molecule has 0 radical (unpaired) electrons. The van der Waals surface area contributed by atoms with Crippen LogP contribution in [0.3, 0.4) is 0 Å². The van der Waals surface area contributed by atoms with E-state index in [9.17, 15) is 4.79 Å². The van der Waals surface area contributed by atoms with Crippen molar-refractivity contribution in [1.29, 1.82) is 0 Å². The SMILES string of the molecule is C=Cc1ccc(CCCCCCCCC)cc1.CCCOC(=O)CC. The first-order valence-electron chi connectivity index (χ1n) is 10.0. The molecule has 0 saturated carbocycles. The molecule has 0 unspecified atom stereocenters. The molecular formula is C23H38O2. The number of aryl methyl sites for hydroxylation is 1. The van der Waals surface area contributed by atoms with Gasteiger partial charge in [0, 0.05) is 6.42 Å². The van der Waals surface area contributed by atoms with E-state index in [0.29, 0.717) is 13.0 Å². The smallest absolute Gasteiger partial charge is 0.305 e. The van der Waals surface area contributed by atoms with Crippen LogP contribution in [0.5, 0.6) is 0 Å². The van der Waals surface area contributed by atoms with Gasteiger partial charge in [-0.15, -0.1) is 0 Å². The average molecular weight is 347 g/mol. The summed E-state index contributed by atoms with van der Waals surface area (Å²) in [6.07, 6.45) is 14.2.